The van der Waals surface area contributed by atoms with Crippen molar-refractivity contribution in [1.29, 1.82) is 0 Å². The van der Waals surface area contributed by atoms with E-state index in [1.165, 1.54) is 12.1 Å². The summed E-state index contributed by atoms with van der Waals surface area (Å²) < 4.78 is 18.8. The Labute approximate surface area is 123 Å². The number of carbonyl (C=O) groups excluding carboxylic acids is 1. The van der Waals surface area contributed by atoms with Crippen molar-refractivity contribution in [2.24, 2.45) is 0 Å². The Hall–Kier alpha value is -0.400. The van der Waals surface area contributed by atoms with Crippen molar-refractivity contribution in [2.75, 3.05) is 13.2 Å². The monoisotopic (exact) mass is 383 g/mol. The molecule has 1 aliphatic heterocycles. The van der Waals surface area contributed by atoms with Crippen LogP contribution in [-0.2, 0) is 4.74 Å². The maximum Gasteiger partial charge on any atom is 0.253 e. The van der Waals surface area contributed by atoms with Gasteiger partial charge in [0.2, 0.25) is 0 Å². The van der Waals surface area contributed by atoms with Gasteiger partial charge in [-0.1, -0.05) is 11.6 Å². The minimum Gasteiger partial charge on any atom is -0.381 e. The summed E-state index contributed by atoms with van der Waals surface area (Å²) in [7, 11) is 0. The summed E-state index contributed by atoms with van der Waals surface area (Å²) in [6.45, 7) is 1.30. The van der Waals surface area contributed by atoms with Crippen molar-refractivity contribution in [3.8, 4) is 0 Å². The van der Waals surface area contributed by atoms with Crippen LogP contribution in [0.4, 0.5) is 4.39 Å². The molecule has 0 saturated carbocycles. The fraction of sp³-hybridized carbons (Fsp3) is 0.417. The van der Waals surface area contributed by atoms with Crippen LogP contribution >= 0.6 is 34.2 Å². The fourth-order valence-electron chi connectivity index (χ4n) is 1.80. The number of carbonyl (C=O) groups is 1. The summed E-state index contributed by atoms with van der Waals surface area (Å²) in [4.78, 5) is 12.0. The third kappa shape index (κ3) is 3.33. The van der Waals surface area contributed by atoms with E-state index >= 15 is 0 Å². The van der Waals surface area contributed by atoms with Gasteiger partial charge in [-0.15, -0.1) is 0 Å². The summed E-state index contributed by atoms with van der Waals surface area (Å²) in [6.07, 6.45) is 1.59. The first kappa shape index (κ1) is 14.0. The summed E-state index contributed by atoms with van der Waals surface area (Å²) >= 11 is 7.72. The summed E-state index contributed by atoms with van der Waals surface area (Å²) in [5, 5.41) is 3.03. The van der Waals surface area contributed by atoms with Gasteiger partial charge in [0.15, 0.2) is 0 Å². The lowest BCUT2D eigenvalue weighted by molar-refractivity contribution is 0.0696. The molecule has 0 spiro atoms. The van der Waals surface area contributed by atoms with Crippen LogP contribution in [0, 0.1) is 9.39 Å². The molecule has 3 nitrogen and oxygen atoms in total. The third-order valence-corrected chi connectivity index (χ3v) is 3.95. The lowest BCUT2D eigenvalue weighted by atomic mass is 10.1. The van der Waals surface area contributed by atoms with E-state index in [-0.39, 0.29) is 17.0 Å². The Morgan fingerprint density at radius 3 is 2.78 bits per heavy atom. The highest BCUT2D eigenvalue weighted by Gasteiger charge is 2.19. The molecule has 1 aromatic rings. The Bertz CT molecular complexity index is 464. The topological polar surface area (TPSA) is 38.3 Å². The van der Waals surface area contributed by atoms with Gasteiger partial charge >= 0.3 is 0 Å². The normalized spacial score (nSPS) is 16.6. The number of nitrogens with one attached hydrogen (secondary N) is 1. The van der Waals surface area contributed by atoms with Crippen molar-refractivity contribution in [1.82, 2.24) is 5.32 Å². The van der Waals surface area contributed by atoms with E-state index in [4.69, 9.17) is 16.3 Å². The second kappa shape index (κ2) is 6.16. The zero-order valence-corrected chi connectivity index (χ0v) is 12.4. The Kier molecular flexibility index (Phi) is 4.80. The molecule has 0 aliphatic carbocycles. The Morgan fingerprint density at radius 1 is 1.44 bits per heavy atom. The van der Waals surface area contributed by atoms with Crippen LogP contribution < -0.4 is 5.32 Å². The lowest BCUT2D eigenvalue weighted by Crippen LogP contribution is -2.39. The van der Waals surface area contributed by atoms with E-state index in [2.05, 4.69) is 5.32 Å². The number of hydrogen-bond acceptors (Lipinski definition) is 2. The number of amides is 1. The van der Waals surface area contributed by atoms with Crippen LogP contribution in [0.15, 0.2) is 12.1 Å². The second-order valence-electron chi connectivity index (χ2n) is 4.11. The number of rotatable bonds is 2. The number of halogens is 3. The quantitative estimate of drug-likeness (QED) is 0.630. The average Bonchev–Trinajstić information content (AvgIpc) is 2.35. The van der Waals surface area contributed by atoms with Crippen LogP contribution in [0.1, 0.15) is 23.2 Å². The molecular formula is C12H12ClFINO2. The second-order valence-corrected chi connectivity index (χ2v) is 5.68. The van der Waals surface area contributed by atoms with Gasteiger partial charge in [-0.3, -0.25) is 4.79 Å². The standard InChI is InChI=1S/C12H12ClFINO2/c13-9-6-10(14)11(15)5-8(9)12(17)16-7-1-3-18-4-2-7/h5-7H,1-4H2,(H,16,17). The molecule has 1 aromatic carbocycles. The summed E-state index contributed by atoms with van der Waals surface area (Å²) in [5.41, 5.74) is 0.314. The molecule has 1 aliphatic rings. The van der Waals surface area contributed by atoms with Crippen molar-refractivity contribution < 1.29 is 13.9 Å². The molecule has 1 amide bonds. The van der Waals surface area contributed by atoms with Crippen molar-refractivity contribution >= 4 is 40.1 Å². The zero-order chi connectivity index (χ0) is 13.1. The Morgan fingerprint density at radius 2 is 2.11 bits per heavy atom. The molecule has 0 unspecified atom stereocenters. The molecule has 2 rings (SSSR count). The van der Waals surface area contributed by atoms with Crippen LogP contribution in [0.25, 0.3) is 0 Å². The molecule has 1 saturated heterocycles. The zero-order valence-electron chi connectivity index (χ0n) is 9.51. The molecule has 18 heavy (non-hydrogen) atoms. The van der Waals surface area contributed by atoms with Crippen molar-refractivity contribution in [3.05, 3.63) is 32.1 Å². The van der Waals surface area contributed by atoms with E-state index in [0.717, 1.165) is 12.8 Å². The molecule has 98 valence electrons. The lowest BCUT2D eigenvalue weighted by Gasteiger charge is -2.23. The third-order valence-electron chi connectivity index (χ3n) is 2.81. The maximum absolute atomic E-state index is 13.2. The van der Waals surface area contributed by atoms with Crippen LogP contribution in [-0.4, -0.2) is 25.2 Å². The fourth-order valence-corrected chi connectivity index (χ4v) is 2.50. The van der Waals surface area contributed by atoms with Crippen LogP contribution in [0.2, 0.25) is 5.02 Å². The molecule has 0 aromatic heterocycles. The van der Waals surface area contributed by atoms with E-state index in [9.17, 15) is 9.18 Å². The first-order valence-corrected chi connectivity index (χ1v) is 7.07. The van der Waals surface area contributed by atoms with Gasteiger partial charge in [-0.2, -0.15) is 0 Å². The predicted octanol–water partition coefficient (Wildman–Crippen LogP) is 2.99. The van der Waals surface area contributed by atoms with Crippen LogP contribution in [0.5, 0.6) is 0 Å². The molecule has 0 radical (unpaired) electrons. The molecule has 0 bridgehead atoms. The van der Waals surface area contributed by atoms with Crippen molar-refractivity contribution in [2.45, 2.75) is 18.9 Å². The van der Waals surface area contributed by atoms with Gasteiger partial charge in [-0.25, -0.2) is 4.39 Å². The maximum atomic E-state index is 13.2. The summed E-state index contributed by atoms with van der Waals surface area (Å²) in [5.74, 6) is -0.673. The molecular weight excluding hydrogens is 371 g/mol. The first-order chi connectivity index (χ1) is 8.58. The molecule has 6 heteroatoms. The smallest absolute Gasteiger partial charge is 0.253 e. The SMILES string of the molecule is O=C(NC1CCOCC1)c1cc(I)c(F)cc1Cl. The highest BCUT2D eigenvalue weighted by molar-refractivity contribution is 14.1. The highest BCUT2D eigenvalue weighted by Crippen LogP contribution is 2.22. The van der Waals surface area contributed by atoms with E-state index in [0.29, 0.717) is 22.3 Å². The number of benzene rings is 1. The molecule has 1 fully saturated rings. The van der Waals surface area contributed by atoms with E-state index in [1.54, 1.807) is 0 Å². The van der Waals surface area contributed by atoms with Crippen LogP contribution in [0.3, 0.4) is 0 Å². The minimum atomic E-state index is -0.414. The van der Waals surface area contributed by atoms with E-state index < -0.39 is 5.82 Å². The minimum absolute atomic E-state index is 0.102. The number of hydrogen-bond donors (Lipinski definition) is 1. The first-order valence-electron chi connectivity index (χ1n) is 5.61. The predicted molar refractivity (Wildman–Crippen MR) is 75.4 cm³/mol. The van der Waals surface area contributed by atoms with E-state index in [1.807, 2.05) is 22.6 Å². The van der Waals surface area contributed by atoms with Gasteiger partial charge in [0.1, 0.15) is 5.82 Å². The van der Waals surface area contributed by atoms with Gasteiger partial charge in [0.05, 0.1) is 10.6 Å². The van der Waals surface area contributed by atoms with Gasteiger partial charge in [-0.05, 0) is 47.6 Å². The van der Waals surface area contributed by atoms with Gasteiger partial charge in [0, 0.05) is 22.8 Å². The summed E-state index contributed by atoms with van der Waals surface area (Å²) in [6, 6.07) is 2.74. The highest BCUT2D eigenvalue weighted by atomic mass is 127. The average molecular weight is 384 g/mol. The largest absolute Gasteiger partial charge is 0.381 e. The van der Waals surface area contributed by atoms with Gasteiger partial charge < -0.3 is 10.1 Å². The Balaban J connectivity index is 2.10. The number of ether oxygens (including phenoxy) is 1. The van der Waals surface area contributed by atoms with Gasteiger partial charge in [0.25, 0.3) is 5.91 Å². The molecule has 0 atom stereocenters. The molecule has 1 N–H and O–H groups in total. The van der Waals surface area contributed by atoms with Crippen molar-refractivity contribution in [3.63, 3.8) is 0 Å². The molecule has 1 heterocycles.